The lowest BCUT2D eigenvalue weighted by molar-refractivity contribution is -0.138. The Bertz CT molecular complexity index is 320. The van der Waals surface area contributed by atoms with Crippen molar-refractivity contribution >= 4 is 11.8 Å². The van der Waals surface area contributed by atoms with Gasteiger partial charge < -0.3 is 20.3 Å². The number of nitrogens with zero attached hydrogens (tertiary/aromatic N) is 1. The lowest BCUT2D eigenvalue weighted by Gasteiger charge is -2.23. The van der Waals surface area contributed by atoms with Crippen molar-refractivity contribution in [1.29, 1.82) is 0 Å². The second kappa shape index (κ2) is 7.45. The number of hydrogen-bond donors (Lipinski definition) is 2. The highest BCUT2D eigenvalue weighted by Crippen LogP contribution is 2.15. The Morgan fingerprint density at radius 2 is 2.05 bits per heavy atom. The van der Waals surface area contributed by atoms with Crippen molar-refractivity contribution < 1.29 is 14.3 Å². The van der Waals surface area contributed by atoms with E-state index in [0.717, 1.165) is 0 Å². The Balaban J connectivity index is 2.42. The molecule has 1 heterocycles. The van der Waals surface area contributed by atoms with Crippen molar-refractivity contribution in [2.75, 3.05) is 40.4 Å². The quantitative estimate of drug-likeness (QED) is 0.680. The Hall–Kier alpha value is -1.14. The molecule has 1 aliphatic heterocycles. The second-order valence-electron chi connectivity index (χ2n) is 5.43. The molecule has 0 aliphatic carbocycles. The Morgan fingerprint density at radius 1 is 1.37 bits per heavy atom. The normalized spacial score (nSPS) is 22.6. The first kappa shape index (κ1) is 15.9. The van der Waals surface area contributed by atoms with E-state index in [4.69, 9.17) is 4.74 Å². The molecule has 1 saturated heterocycles. The number of amides is 2. The van der Waals surface area contributed by atoms with E-state index in [1.165, 1.54) is 4.90 Å². The Kier molecular flexibility index (Phi) is 6.24. The van der Waals surface area contributed by atoms with Gasteiger partial charge in [0.2, 0.25) is 11.8 Å². The number of ether oxygens (including phenoxy) is 1. The van der Waals surface area contributed by atoms with Crippen molar-refractivity contribution in [2.24, 2.45) is 11.8 Å². The van der Waals surface area contributed by atoms with Crippen LogP contribution in [-0.2, 0) is 14.3 Å². The average molecular weight is 271 g/mol. The molecule has 6 nitrogen and oxygen atoms in total. The van der Waals surface area contributed by atoms with Crippen molar-refractivity contribution in [3.63, 3.8) is 0 Å². The first-order chi connectivity index (χ1) is 8.95. The lowest BCUT2D eigenvalue weighted by Crippen LogP contribution is -2.46. The van der Waals surface area contributed by atoms with Gasteiger partial charge >= 0.3 is 0 Å². The van der Waals surface area contributed by atoms with Crippen LogP contribution in [0.4, 0.5) is 0 Å². The van der Waals surface area contributed by atoms with Gasteiger partial charge in [0.1, 0.15) is 0 Å². The third-order valence-corrected chi connectivity index (χ3v) is 3.23. The maximum absolute atomic E-state index is 12.2. The summed E-state index contributed by atoms with van der Waals surface area (Å²) in [5, 5.41) is 5.87. The lowest BCUT2D eigenvalue weighted by atomic mass is 10.0. The van der Waals surface area contributed by atoms with Crippen LogP contribution >= 0.6 is 0 Å². The summed E-state index contributed by atoms with van der Waals surface area (Å²) in [6, 6.07) is 0.0358. The summed E-state index contributed by atoms with van der Waals surface area (Å²) >= 11 is 0. The van der Waals surface area contributed by atoms with Crippen LogP contribution in [0, 0.1) is 11.8 Å². The summed E-state index contributed by atoms with van der Waals surface area (Å²) in [5.74, 6) is 0.0378. The Morgan fingerprint density at radius 3 is 2.63 bits per heavy atom. The van der Waals surface area contributed by atoms with Crippen LogP contribution in [0.25, 0.3) is 0 Å². The van der Waals surface area contributed by atoms with E-state index in [9.17, 15) is 9.59 Å². The van der Waals surface area contributed by atoms with Crippen LogP contribution < -0.4 is 10.6 Å². The van der Waals surface area contributed by atoms with Gasteiger partial charge in [0, 0.05) is 19.6 Å². The number of likely N-dealkylation sites (N-methyl/N-ethyl adjacent to an activating group) is 2. The van der Waals surface area contributed by atoms with Gasteiger partial charge in [-0.3, -0.25) is 9.59 Å². The Labute approximate surface area is 114 Å². The summed E-state index contributed by atoms with van der Waals surface area (Å²) < 4.78 is 5.31. The number of carbonyl (C=O) groups excluding carboxylic acids is 2. The van der Waals surface area contributed by atoms with Gasteiger partial charge in [-0.2, -0.15) is 0 Å². The van der Waals surface area contributed by atoms with Gasteiger partial charge in [0.05, 0.1) is 25.7 Å². The fraction of sp³-hybridized carbons (Fsp3) is 0.846. The van der Waals surface area contributed by atoms with Crippen LogP contribution in [0.2, 0.25) is 0 Å². The minimum Gasteiger partial charge on any atom is -0.379 e. The molecule has 6 heteroatoms. The van der Waals surface area contributed by atoms with Gasteiger partial charge in [0.15, 0.2) is 0 Å². The van der Waals surface area contributed by atoms with E-state index in [1.54, 1.807) is 7.05 Å². The van der Waals surface area contributed by atoms with Crippen molar-refractivity contribution in [1.82, 2.24) is 15.5 Å². The molecule has 110 valence electrons. The number of carbonyl (C=O) groups is 2. The molecule has 1 aliphatic rings. The minimum atomic E-state index is -0.201. The third-order valence-electron chi connectivity index (χ3n) is 3.23. The zero-order chi connectivity index (χ0) is 14.4. The summed E-state index contributed by atoms with van der Waals surface area (Å²) in [6.07, 6.45) is 0. The molecule has 0 spiro atoms. The SMILES string of the molecule is CNC1COCC1C(=O)N(C)CC(=O)NCC(C)C. The summed E-state index contributed by atoms with van der Waals surface area (Å²) in [5.41, 5.74) is 0. The fourth-order valence-corrected chi connectivity index (χ4v) is 2.03. The summed E-state index contributed by atoms with van der Waals surface area (Å²) in [7, 11) is 3.47. The first-order valence-electron chi connectivity index (χ1n) is 6.72. The van der Waals surface area contributed by atoms with E-state index >= 15 is 0 Å². The van der Waals surface area contributed by atoms with Gasteiger partial charge in [-0.05, 0) is 13.0 Å². The largest absolute Gasteiger partial charge is 0.379 e. The average Bonchev–Trinajstić information content (AvgIpc) is 2.83. The number of rotatable bonds is 6. The highest BCUT2D eigenvalue weighted by Gasteiger charge is 2.35. The molecule has 0 aromatic rings. The monoisotopic (exact) mass is 271 g/mol. The van der Waals surface area contributed by atoms with Crippen molar-refractivity contribution in [2.45, 2.75) is 19.9 Å². The fourth-order valence-electron chi connectivity index (χ4n) is 2.03. The number of hydrogen-bond acceptors (Lipinski definition) is 4. The smallest absolute Gasteiger partial charge is 0.239 e. The van der Waals surface area contributed by atoms with Gasteiger partial charge in [0.25, 0.3) is 0 Å². The second-order valence-corrected chi connectivity index (χ2v) is 5.43. The van der Waals surface area contributed by atoms with Crippen molar-refractivity contribution in [3.05, 3.63) is 0 Å². The van der Waals surface area contributed by atoms with E-state index in [-0.39, 0.29) is 30.3 Å². The van der Waals surface area contributed by atoms with Crippen LogP contribution in [0.15, 0.2) is 0 Å². The van der Waals surface area contributed by atoms with Crippen LogP contribution in [0.1, 0.15) is 13.8 Å². The van der Waals surface area contributed by atoms with Gasteiger partial charge in [-0.15, -0.1) is 0 Å². The van der Waals surface area contributed by atoms with E-state index in [1.807, 2.05) is 20.9 Å². The molecule has 0 aromatic heterocycles. The van der Waals surface area contributed by atoms with Gasteiger partial charge in [-0.25, -0.2) is 0 Å². The van der Waals surface area contributed by atoms with Crippen LogP contribution in [0.5, 0.6) is 0 Å². The molecule has 0 saturated carbocycles. The molecule has 0 aromatic carbocycles. The molecule has 2 amide bonds. The molecular formula is C13H25N3O3. The minimum absolute atomic E-state index is 0.0358. The summed E-state index contributed by atoms with van der Waals surface area (Å²) in [6.45, 7) is 5.75. The standard InChI is InChI=1S/C13H25N3O3/c1-9(2)5-15-12(17)6-16(4)13(18)10-7-19-8-11(10)14-3/h9-11,14H,5-8H2,1-4H3,(H,15,17). The van der Waals surface area contributed by atoms with Gasteiger partial charge in [-0.1, -0.05) is 13.8 Å². The molecule has 2 atom stereocenters. The molecule has 1 fully saturated rings. The number of nitrogens with one attached hydrogen (secondary N) is 2. The third kappa shape index (κ3) is 4.80. The maximum Gasteiger partial charge on any atom is 0.239 e. The highest BCUT2D eigenvalue weighted by molar-refractivity contribution is 5.86. The molecular weight excluding hydrogens is 246 g/mol. The zero-order valence-corrected chi connectivity index (χ0v) is 12.2. The predicted octanol–water partition coefficient (Wildman–Crippen LogP) is -0.549. The van der Waals surface area contributed by atoms with E-state index in [0.29, 0.717) is 25.7 Å². The van der Waals surface area contributed by atoms with E-state index in [2.05, 4.69) is 10.6 Å². The summed E-state index contributed by atoms with van der Waals surface area (Å²) in [4.78, 5) is 25.4. The molecule has 0 bridgehead atoms. The highest BCUT2D eigenvalue weighted by atomic mass is 16.5. The molecule has 2 N–H and O–H groups in total. The molecule has 1 rings (SSSR count). The molecule has 19 heavy (non-hydrogen) atoms. The first-order valence-corrected chi connectivity index (χ1v) is 6.72. The van der Waals surface area contributed by atoms with Crippen molar-refractivity contribution in [3.8, 4) is 0 Å². The van der Waals surface area contributed by atoms with Crippen LogP contribution in [0.3, 0.4) is 0 Å². The van der Waals surface area contributed by atoms with E-state index < -0.39 is 0 Å². The topological polar surface area (TPSA) is 70.7 Å². The molecule has 0 radical (unpaired) electrons. The maximum atomic E-state index is 12.2. The zero-order valence-electron chi connectivity index (χ0n) is 12.2. The van der Waals surface area contributed by atoms with Crippen LogP contribution in [-0.4, -0.2) is 63.2 Å². The molecule has 2 unspecified atom stereocenters. The predicted molar refractivity (Wildman–Crippen MR) is 72.6 cm³/mol.